The van der Waals surface area contributed by atoms with Crippen LogP contribution in [0.1, 0.15) is 24.1 Å². The molecule has 0 saturated carbocycles. The predicted molar refractivity (Wildman–Crippen MR) is 146 cm³/mol. The molecule has 4 aromatic rings. The maximum absolute atomic E-state index is 12.9. The van der Waals surface area contributed by atoms with Gasteiger partial charge in [-0.3, -0.25) is 9.59 Å². The molecule has 0 unspecified atom stereocenters. The van der Waals surface area contributed by atoms with E-state index >= 15 is 0 Å². The third-order valence-electron chi connectivity index (χ3n) is 6.09. The summed E-state index contributed by atoms with van der Waals surface area (Å²) in [5.41, 5.74) is 1.52. The van der Waals surface area contributed by atoms with E-state index < -0.39 is 12.1 Å². The van der Waals surface area contributed by atoms with E-state index in [2.05, 4.69) is 10.4 Å². The normalized spacial score (nSPS) is 12.7. The fraction of sp³-hybridized carbons (Fsp3) is 0.276. The topological polar surface area (TPSA) is 103 Å². The van der Waals surface area contributed by atoms with Crippen molar-refractivity contribution < 1.29 is 19.4 Å². The Kier molecular flexibility index (Phi) is 9.48. The van der Waals surface area contributed by atoms with E-state index in [1.165, 1.54) is 4.68 Å². The van der Waals surface area contributed by atoms with Gasteiger partial charge in [0.25, 0.3) is 5.56 Å². The van der Waals surface area contributed by atoms with E-state index in [1.54, 1.807) is 24.4 Å². The zero-order valence-corrected chi connectivity index (χ0v) is 21.8. The molecule has 4 rings (SSSR count). The zero-order valence-electron chi connectivity index (χ0n) is 21.0. The third-order valence-corrected chi connectivity index (χ3v) is 6.33. The van der Waals surface area contributed by atoms with Crippen molar-refractivity contribution in [2.75, 3.05) is 19.8 Å². The van der Waals surface area contributed by atoms with Gasteiger partial charge in [-0.1, -0.05) is 54.1 Å². The number of nitrogens with zero attached hydrogens (tertiary/aromatic N) is 2. The van der Waals surface area contributed by atoms with Crippen LogP contribution in [0.3, 0.4) is 0 Å². The van der Waals surface area contributed by atoms with Gasteiger partial charge in [-0.25, -0.2) is 4.68 Å². The van der Waals surface area contributed by atoms with Gasteiger partial charge in [0, 0.05) is 23.4 Å². The van der Waals surface area contributed by atoms with Crippen molar-refractivity contribution in [1.29, 1.82) is 0 Å². The lowest BCUT2D eigenvalue weighted by Crippen LogP contribution is -2.41. The Bertz CT molecular complexity index is 1410. The molecule has 0 bridgehead atoms. The molecule has 0 saturated heterocycles. The van der Waals surface area contributed by atoms with Crippen LogP contribution in [-0.4, -0.2) is 46.7 Å². The van der Waals surface area contributed by atoms with Gasteiger partial charge in [0.1, 0.15) is 18.5 Å². The molecule has 1 heterocycles. The van der Waals surface area contributed by atoms with Crippen LogP contribution in [0.4, 0.5) is 0 Å². The van der Waals surface area contributed by atoms with Crippen LogP contribution < -0.4 is 15.6 Å². The van der Waals surface area contributed by atoms with E-state index in [0.717, 1.165) is 11.1 Å². The Morgan fingerprint density at radius 3 is 2.58 bits per heavy atom. The molecule has 198 valence electrons. The van der Waals surface area contributed by atoms with Gasteiger partial charge in [0.05, 0.1) is 30.8 Å². The van der Waals surface area contributed by atoms with Crippen molar-refractivity contribution in [1.82, 2.24) is 15.1 Å². The minimum Gasteiger partial charge on any atom is -0.492 e. The second kappa shape index (κ2) is 13.2. The van der Waals surface area contributed by atoms with Gasteiger partial charge in [-0.05, 0) is 48.4 Å². The fourth-order valence-electron chi connectivity index (χ4n) is 4.12. The van der Waals surface area contributed by atoms with Gasteiger partial charge in [-0.2, -0.15) is 5.10 Å². The molecular formula is C29H30ClN3O5. The fourth-order valence-corrected chi connectivity index (χ4v) is 4.30. The summed E-state index contributed by atoms with van der Waals surface area (Å²) in [6.45, 7) is 2.55. The van der Waals surface area contributed by atoms with Crippen LogP contribution in [0, 0.1) is 0 Å². The number of carbonyl (C=O) groups is 1. The number of fused-ring (bicyclic) bond motifs is 1. The highest BCUT2D eigenvalue weighted by molar-refractivity contribution is 6.31. The lowest BCUT2D eigenvalue weighted by molar-refractivity contribution is -0.133. The molecule has 0 aliphatic heterocycles. The Morgan fingerprint density at radius 1 is 1.11 bits per heavy atom. The Balaban J connectivity index is 1.33. The first-order valence-corrected chi connectivity index (χ1v) is 12.8. The third kappa shape index (κ3) is 6.98. The second-order valence-corrected chi connectivity index (χ2v) is 9.14. The van der Waals surface area contributed by atoms with Gasteiger partial charge < -0.3 is 19.9 Å². The lowest BCUT2D eigenvalue weighted by atomic mass is 10.0. The summed E-state index contributed by atoms with van der Waals surface area (Å²) >= 11 is 5.99. The Hall–Kier alpha value is -3.72. The van der Waals surface area contributed by atoms with Crippen LogP contribution in [0.2, 0.25) is 5.02 Å². The monoisotopic (exact) mass is 535 g/mol. The molecule has 2 N–H and O–H groups in total. The SMILES string of the molecule is CCO[C@H](Cc1ccc(OCCn2ncc3cc(Cl)ccc3c2=O)cc1)C(=O)N[C@H](CO)c1ccccc1. The van der Waals surface area contributed by atoms with Crippen molar-refractivity contribution in [3.63, 3.8) is 0 Å². The van der Waals surface area contributed by atoms with Gasteiger partial charge in [0.15, 0.2) is 0 Å². The lowest BCUT2D eigenvalue weighted by Gasteiger charge is -2.22. The zero-order chi connectivity index (χ0) is 26.9. The highest BCUT2D eigenvalue weighted by Crippen LogP contribution is 2.17. The molecule has 9 heteroatoms. The Labute approximate surface area is 225 Å². The number of amides is 1. The van der Waals surface area contributed by atoms with Crippen molar-refractivity contribution in [2.24, 2.45) is 0 Å². The first kappa shape index (κ1) is 27.3. The van der Waals surface area contributed by atoms with E-state index in [0.29, 0.717) is 41.1 Å². The van der Waals surface area contributed by atoms with Crippen LogP contribution in [0.5, 0.6) is 5.75 Å². The summed E-state index contributed by atoms with van der Waals surface area (Å²) in [6, 6.07) is 21.3. The standard InChI is InChI=1S/C29H30ClN3O5/c1-2-37-27(28(35)32-26(19-34)21-6-4-3-5-7-21)16-20-8-11-24(12-9-20)38-15-14-33-29(36)25-13-10-23(30)17-22(25)18-31-33/h3-13,17-18,26-27,34H,2,14-16,19H2,1H3,(H,32,35)/t26-,27-/m1/s1. The number of aliphatic hydroxyl groups is 1. The van der Waals surface area contributed by atoms with Crippen LogP contribution >= 0.6 is 11.6 Å². The van der Waals surface area contributed by atoms with E-state index in [9.17, 15) is 14.7 Å². The Morgan fingerprint density at radius 2 is 1.87 bits per heavy atom. The summed E-state index contributed by atoms with van der Waals surface area (Å²) in [5, 5.41) is 18.7. The highest BCUT2D eigenvalue weighted by Gasteiger charge is 2.23. The first-order chi connectivity index (χ1) is 18.5. The van der Waals surface area contributed by atoms with Crippen molar-refractivity contribution in [3.05, 3.63) is 105 Å². The summed E-state index contributed by atoms with van der Waals surface area (Å²) in [5.74, 6) is 0.349. The van der Waals surface area contributed by atoms with Gasteiger partial charge in [-0.15, -0.1) is 0 Å². The largest absolute Gasteiger partial charge is 0.492 e. The average molecular weight is 536 g/mol. The van der Waals surface area contributed by atoms with Gasteiger partial charge in [0.2, 0.25) is 5.91 Å². The van der Waals surface area contributed by atoms with Crippen molar-refractivity contribution >= 4 is 28.3 Å². The molecule has 0 radical (unpaired) electrons. The number of aromatic nitrogens is 2. The maximum Gasteiger partial charge on any atom is 0.274 e. The molecule has 2 atom stereocenters. The number of ether oxygens (including phenoxy) is 2. The van der Waals surface area contributed by atoms with Gasteiger partial charge >= 0.3 is 0 Å². The minimum absolute atomic E-state index is 0.200. The van der Waals surface area contributed by atoms with Crippen molar-refractivity contribution in [2.45, 2.75) is 32.0 Å². The molecule has 1 aromatic heterocycles. The number of aliphatic hydroxyl groups excluding tert-OH is 1. The second-order valence-electron chi connectivity index (χ2n) is 8.70. The van der Waals surface area contributed by atoms with Crippen LogP contribution in [0.15, 0.2) is 83.8 Å². The molecule has 0 aliphatic rings. The van der Waals surface area contributed by atoms with E-state index in [4.69, 9.17) is 21.1 Å². The first-order valence-electron chi connectivity index (χ1n) is 12.4. The highest BCUT2D eigenvalue weighted by atomic mass is 35.5. The molecule has 1 amide bonds. The maximum atomic E-state index is 12.9. The number of hydrogen-bond acceptors (Lipinski definition) is 6. The number of nitrogens with one attached hydrogen (secondary N) is 1. The summed E-state index contributed by atoms with van der Waals surface area (Å²) < 4.78 is 12.9. The minimum atomic E-state index is -0.703. The number of rotatable bonds is 12. The molecule has 3 aromatic carbocycles. The summed E-state index contributed by atoms with van der Waals surface area (Å²) in [6.07, 6.45) is 1.28. The molecule has 8 nitrogen and oxygen atoms in total. The number of benzene rings is 3. The quantitative estimate of drug-likeness (QED) is 0.285. The molecule has 0 fully saturated rings. The van der Waals surface area contributed by atoms with E-state index in [-0.39, 0.29) is 24.7 Å². The summed E-state index contributed by atoms with van der Waals surface area (Å²) in [4.78, 5) is 25.6. The molecular weight excluding hydrogens is 506 g/mol. The van der Waals surface area contributed by atoms with Crippen LogP contribution in [-0.2, 0) is 22.5 Å². The van der Waals surface area contributed by atoms with Crippen LogP contribution in [0.25, 0.3) is 10.8 Å². The number of carbonyl (C=O) groups excluding carboxylic acids is 1. The molecule has 0 aliphatic carbocycles. The number of hydrogen-bond donors (Lipinski definition) is 2. The molecule has 38 heavy (non-hydrogen) atoms. The average Bonchev–Trinajstić information content (AvgIpc) is 2.94. The van der Waals surface area contributed by atoms with E-state index in [1.807, 2.05) is 61.5 Å². The van der Waals surface area contributed by atoms with Crippen molar-refractivity contribution in [3.8, 4) is 5.75 Å². The smallest absolute Gasteiger partial charge is 0.274 e. The molecule has 0 spiro atoms. The number of halogens is 1. The summed E-state index contributed by atoms with van der Waals surface area (Å²) in [7, 11) is 0. The predicted octanol–water partition coefficient (Wildman–Crippen LogP) is 3.93.